The molecule has 0 aliphatic heterocycles. The van der Waals surface area contributed by atoms with Gasteiger partial charge in [0.2, 0.25) is 0 Å². The standard InChI is InChI=1S/C25H42O2Si2/c1-17(2)29(18(3)4,19(5)6)23-21(20-15-13-12-14-16-20)25(7,27-8)24(22(23)26)28(9,10)11/h12-19,24H,1-11H3/t24-,25-/m1/s1. The van der Waals surface area contributed by atoms with Crippen molar-refractivity contribution in [2.75, 3.05) is 7.11 Å². The van der Waals surface area contributed by atoms with Crippen molar-refractivity contribution in [3.63, 3.8) is 0 Å². The lowest BCUT2D eigenvalue weighted by Crippen LogP contribution is -2.50. The molecular weight excluding hydrogens is 388 g/mol. The first-order chi connectivity index (χ1) is 13.3. The van der Waals surface area contributed by atoms with Gasteiger partial charge in [-0.3, -0.25) is 4.79 Å². The van der Waals surface area contributed by atoms with Gasteiger partial charge in [-0.15, -0.1) is 0 Å². The van der Waals surface area contributed by atoms with Gasteiger partial charge in [-0.2, -0.15) is 0 Å². The van der Waals surface area contributed by atoms with Crippen LogP contribution in [-0.4, -0.2) is 34.6 Å². The maximum absolute atomic E-state index is 14.4. The number of methoxy groups -OCH3 is 1. The number of ether oxygens (including phenoxy) is 1. The Morgan fingerprint density at radius 1 is 0.897 bits per heavy atom. The van der Waals surface area contributed by atoms with Gasteiger partial charge in [0, 0.05) is 12.7 Å². The molecule has 0 N–H and O–H groups in total. The van der Waals surface area contributed by atoms with Crippen LogP contribution in [0.5, 0.6) is 0 Å². The minimum Gasteiger partial charge on any atom is -0.373 e. The molecule has 0 saturated carbocycles. The van der Waals surface area contributed by atoms with Crippen molar-refractivity contribution in [2.24, 2.45) is 0 Å². The highest BCUT2D eigenvalue weighted by Gasteiger charge is 2.62. The van der Waals surface area contributed by atoms with E-state index >= 15 is 0 Å². The smallest absolute Gasteiger partial charge is 0.158 e. The molecule has 2 rings (SSSR count). The number of hydrogen-bond acceptors (Lipinski definition) is 2. The van der Waals surface area contributed by atoms with Crippen LogP contribution >= 0.6 is 0 Å². The summed E-state index contributed by atoms with van der Waals surface area (Å²) >= 11 is 0. The highest BCUT2D eigenvalue weighted by molar-refractivity contribution is 6.96. The fraction of sp³-hybridized carbons (Fsp3) is 0.640. The summed E-state index contributed by atoms with van der Waals surface area (Å²) in [5, 5.41) is 1.18. The Morgan fingerprint density at radius 3 is 1.69 bits per heavy atom. The van der Waals surface area contributed by atoms with E-state index in [-0.39, 0.29) is 5.54 Å². The topological polar surface area (TPSA) is 26.3 Å². The molecule has 0 heterocycles. The first-order valence-electron chi connectivity index (χ1n) is 11.2. The molecule has 1 aromatic carbocycles. The number of carbonyl (C=O) groups excluding carboxylic acids is 1. The second-order valence-electron chi connectivity index (χ2n) is 11.0. The van der Waals surface area contributed by atoms with Crippen LogP contribution in [0.4, 0.5) is 0 Å². The van der Waals surface area contributed by atoms with Crippen molar-refractivity contribution < 1.29 is 9.53 Å². The molecule has 2 nitrogen and oxygen atoms in total. The van der Waals surface area contributed by atoms with Crippen LogP contribution in [0.1, 0.15) is 54.0 Å². The first kappa shape index (κ1) is 24.3. The molecule has 1 aliphatic rings. The van der Waals surface area contributed by atoms with Gasteiger partial charge in [0.25, 0.3) is 0 Å². The molecule has 0 aromatic heterocycles. The van der Waals surface area contributed by atoms with E-state index in [1.807, 2.05) is 0 Å². The highest BCUT2D eigenvalue weighted by atomic mass is 28.3. The lowest BCUT2D eigenvalue weighted by molar-refractivity contribution is -0.117. The third kappa shape index (κ3) is 3.66. The third-order valence-corrected chi connectivity index (χ3v) is 17.1. The van der Waals surface area contributed by atoms with E-state index in [1.54, 1.807) is 7.11 Å². The SMILES string of the molecule is CO[C@]1(C)C(c2ccccc2)=C([Si](C(C)C)(C(C)C)C(C)C)C(=O)[C@H]1[Si](C)(C)C. The minimum atomic E-state index is -2.16. The second kappa shape index (κ2) is 8.28. The van der Waals surface area contributed by atoms with E-state index in [0.717, 1.165) is 0 Å². The number of benzene rings is 1. The van der Waals surface area contributed by atoms with Crippen LogP contribution < -0.4 is 0 Å². The normalized spacial score (nSPS) is 23.8. The molecule has 29 heavy (non-hydrogen) atoms. The fourth-order valence-electron chi connectivity index (χ4n) is 6.68. The van der Waals surface area contributed by atoms with E-state index in [0.29, 0.717) is 22.4 Å². The molecule has 0 radical (unpaired) electrons. The fourth-order valence-corrected chi connectivity index (χ4v) is 16.8. The minimum absolute atomic E-state index is 0.0478. The Balaban J connectivity index is 3.06. The van der Waals surface area contributed by atoms with Crippen LogP contribution in [0.15, 0.2) is 35.5 Å². The average Bonchev–Trinajstić information content (AvgIpc) is 2.83. The summed E-state index contributed by atoms with van der Waals surface area (Å²) in [4.78, 5) is 14.4. The van der Waals surface area contributed by atoms with Gasteiger partial charge >= 0.3 is 0 Å². The molecule has 4 heteroatoms. The summed E-state index contributed by atoms with van der Waals surface area (Å²) in [6, 6.07) is 10.6. The van der Waals surface area contributed by atoms with E-state index in [1.165, 1.54) is 16.3 Å². The Labute approximate surface area is 181 Å². The van der Waals surface area contributed by atoms with Crippen molar-refractivity contribution in [3.05, 3.63) is 41.1 Å². The van der Waals surface area contributed by atoms with Gasteiger partial charge in [-0.1, -0.05) is 91.5 Å². The summed E-state index contributed by atoms with van der Waals surface area (Å²) in [6.07, 6.45) is 0. The average molecular weight is 431 g/mol. The maximum atomic E-state index is 14.4. The Morgan fingerprint density at radius 2 is 1.34 bits per heavy atom. The Hall–Kier alpha value is -0.976. The lowest BCUT2D eigenvalue weighted by atomic mass is 9.91. The summed E-state index contributed by atoms with van der Waals surface area (Å²) in [6.45, 7) is 23.2. The summed E-state index contributed by atoms with van der Waals surface area (Å²) in [5.41, 5.74) is 3.22. The van der Waals surface area contributed by atoms with Gasteiger partial charge in [0.1, 0.15) is 0 Å². The number of allylic oxidation sites excluding steroid dienone is 1. The number of Topliss-reactive ketones (excluding diaryl/α,β-unsaturated/α-hetero) is 1. The largest absolute Gasteiger partial charge is 0.373 e. The molecule has 0 spiro atoms. The number of rotatable bonds is 7. The highest BCUT2D eigenvalue weighted by Crippen LogP contribution is 2.60. The molecule has 0 fully saturated rings. The van der Waals surface area contributed by atoms with Crippen LogP contribution in [0, 0.1) is 0 Å². The zero-order valence-corrected chi connectivity index (χ0v) is 22.5. The van der Waals surface area contributed by atoms with Crippen LogP contribution in [-0.2, 0) is 9.53 Å². The predicted molar refractivity (Wildman–Crippen MR) is 132 cm³/mol. The molecule has 0 bridgehead atoms. The molecule has 0 unspecified atom stereocenters. The molecule has 0 amide bonds. The third-order valence-electron chi connectivity index (χ3n) is 7.46. The second-order valence-corrected chi connectivity index (χ2v) is 22.1. The number of ketones is 1. The van der Waals surface area contributed by atoms with Crippen molar-refractivity contribution in [1.82, 2.24) is 0 Å². The van der Waals surface area contributed by atoms with Crippen molar-refractivity contribution in [2.45, 2.75) is 95.9 Å². The van der Waals surface area contributed by atoms with Gasteiger partial charge in [-0.05, 0) is 39.9 Å². The van der Waals surface area contributed by atoms with Crippen LogP contribution in [0.2, 0.25) is 41.8 Å². The number of carbonyl (C=O) groups is 1. The van der Waals surface area contributed by atoms with Crippen LogP contribution in [0.25, 0.3) is 5.57 Å². The van der Waals surface area contributed by atoms with Crippen molar-refractivity contribution >= 4 is 27.5 Å². The van der Waals surface area contributed by atoms with E-state index in [9.17, 15) is 4.79 Å². The molecular formula is C25H42O2Si2. The number of hydrogen-bond donors (Lipinski definition) is 0. The quantitative estimate of drug-likeness (QED) is 0.422. The maximum Gasteiger partial charge on any atom is 0.158 e. The lowest BCUT2D eigenvalue weighted by Gasteiger charge is -2.45. The van der Waals surface area contributed by atoms with E-state index < -0.39 is 21.7 Å². The summed E-state index contributed by atoms with van der Waals surface area (Å²) < 4.78 is 6.32. The van der Waals surface area contributed by atoms with Crippen molar-refractivity contribution in [1.29, 1.82) is 0 Å². The first-order valence-corrected chi connectivity index (χ1v) is 17.0. The van der Waals surface area contributed by atoms with Crippen molar-refractivity contribution in [3.8, 4) is 0 Å². The summed E-state index contributed by atoms with van der Waals surface area (Å²) in [7, 11) is -2.19. The van der Waals surface area contributed by atoms with E-state index in [4.69, 9.17) is 4.74 Å². The zero-order chi connectivity index (χ0) is 22.4. The van der Waals surface area contributed by atoms with Gasteiger partial charge in [0.15, 0.2) is 5.78 Å². The molecule has 0 saturated heterocycles. The zero-order valence-electron chi connectivity index (χ0n) is 20.5. The Bertz CT molecular complexity index is 750. The molecule has 1 aliphatic carbocycles. The van der Waals surface area contributed by atoms with Gasteiger partial charge in [-0.25, -0.2) is 0 Å². The van der Waals surface area contributed by atoms with Gasteiger partial charge < -0.3 is 4.74 Å². The predicted octanol–water partition coefficient (Wildman–Crippen LogP) is 7.35. The van der Waals surface area contributed by atoms with Gasteiger partial charge in [0.05, 0.1) is 21.7 Å². The Kier molecular flexibility index (Phi) is 6.93. The van der Waals surface area contributed by atoms with E-state index in [2.05, 4.69) is 98.4 Å². The molecule has 2 atom stereocenters. The molecule has 1 aromatic rings. The monoisotopic (exact) mass is 430 g/mol. The van der Waals surface area contributed by atoms with Crippen LogP contribution in [0.3, 0.4) is 0 Å². The molecule has 162 valence electrons. The summed E-state index contributed by atoms with van der Waals surface area (Å²) in [5.74, 6) is 0.398.